The highest BCUT2D eigenvalue weighted by Gasteiger charge is 2.55. The zero-order valence-electron chi connectivity index (χ0n) is 16.0. The molecule has 0 radical (unpaired) electrons. The number of allylic oxidation sites excluding steroid dienone is 2. The van der Waals surface area contributed by atoms with Gasteiger partial charge in [0.2, 0.25) is 0 Å². The van der Waals surface area contributed by atoms with Crippen LogP contribution in [0.4, 0.5) is 13.2 Å². The number of halogens is 3. The summed E-state index contributed by atoms with van der Waals surface area (Å²) in [6.07, 6.45) is -0.360. The third kappa shape index (κ3) is 4.50. The number of nitrogens with zero attached hydrogens (tertiary/aromatic N) is 1. The van der Waals surface area contributed by atoms with Crippen molar-refractivity contribution in [1.29, 1.82) is 0 Å². The van der Waals surface area contributed by atoms with Gasteiger partial charge in [-0.25, -0.2) is 0 Å². The number of carbonyl (C=O) groups excluding carboxylic acids is 3. The first-order chi connectivity index (χ1) is 14.4. The molecule has 3 rings (SSSR count). The van der Waals surface area contributed by atoms with Gasteiger partial charge in [-0.3, -0.25) is 19.3 Å². The van der Waals surface area contributed by atoms with Crippen molar-refractivity contribution >= 4 is 27.7 Å². The smallest absolute Gasteiger partial charge is 0.484 e. The van der Waals surface area contributed by atoms with E-state index in [1.807, 2.05) is 0 Å². The van der Waals surface area contributed by atoms with Crippen LogP contribution in [0.15, 0.2) is 41.8 Å². The number of ether oxygens (including phenoxy) is 1. The van der Waals surface area contributed by atoms with Crippen LogP contribution in [0.25, 0.3) is 0 Å². The van der Waals surface area contributed by atoms with Crippen molar-refractivity contribution in [1.82, 2.24) is 10.2 Å². The Morgan fingerprint density at radius 2 is 1.87 bits per heavy atom. The fraction of sp³-hybridized carbons (Fsp3) is 0.389. The van der Waals surface area contributed by atoms with Crippen LogP contribution in [0, 0.1) is 0 Å². The number of hydrogen-bond acceptors (Lipinski definition) is 7. The van der Waals surface area contributed by atoms with Gasteiger partial charge in [0, 0.05) is 13.3 Å². The Bertz CT molecular complexity index is 1040. The Balaban J connectivity index is 1.70. The summed E-state index contributed by atoms with van der Waals surface area (Å²) >= 11 is 0. The van der Waals surface area contributed by atoms with E-state index in [0.29, 0.717) is 5.75 Å². The molecule has 0 saturated carbocycles. The molecule has 1 aromatic carbocycles. The molecule has 31 heavy (non-hydrogen) atoms. The fourth-order valence-corrected chi connectivity index (χ4v) is 3.84. The second-order valence-corrected chi connectivity index (χ2v) is 8.31. The Labute approximate surface area is 174 Å². The largest absolute Gasteiger partial charge is 0.534 e. The van der Waals surface area contributed by atoms with Crippen molar-refractivity contribution in [3.63, 3.8) is 0 Å². The van der Waals surface area contributed by atoms with Gasteiger partial charge in [0.1, 0.15) is 23.2 Å². The number of rotatable bonds is 7. The van der Waals surface area contributed by atoms with Crippen molar-refractivity contribution in [2.45, 2.75) is 37.4 Å². The molecule has 0 aromatic heterocycles. The summed E-state index contributed by atoms with van der Waals surface area (Å²) in [4.78, 5) is 37.4. The van der Waals surface area contributed by atoms with Gasteiger partial charge in [-0.2, -0.15) is 21.6 Å². The second kappa shape index (κ2) is 8.21. The minimum Gasteiger partial charge on any atom is -0.484 e. The molecule has 2 aliphatic heterocycles. The first-order valence-corrected chi connectivity index (χ1v) is 10.4. The molecule has 0 unspecified atom stereocenters. The number of benzene rings is 1. The lowest BCUT2D eigenvalue weighted by atomic mass is 9.85. The molecule has 168 valence electrons. The zero-order chi connectivity index (χ0) is 23.0. The minimum atomic E-state index is -6.00. The number of ketones is 1. The molecule has 13 heteroatoms. The molecule has 2 amide bonds. The third-order valence-corrected chi connectivity index (χ3v) is 5.64. The summed E-state index contributed by atoms with van der Waals surface area (Å²) in [5.41, 5.74) is -6.26. The number of Topliss-reactive ketones (excluding diaryl/α,β-unsaturated/α-hetero) is 1. The second-order valence-electron chi connectivity index (χ2n) is 6.77. The van der Waals surface area contributed by atoms with Crippen LogP contribution in [-0.2, 0) is 28.7 Å². The van der Waals surface area contributed by atoms with Gasteiger partial charge in [-0.15, -0.1) is 0 Å². The van der Waals surface area contributed by atoms with Gasteiger partial charge in [0.05, 0.1) is 6.04 Å². The molecule has 1 N–H and O–H groups in total. The summed E-state index contributed by atoms with van der Waals surface area (Å²) in [6, 6.07) is 6.68. The monoisotopic (exact) mass is 462 g/mol. The SMILES string of the molecule is CC(=O)C1=C(OS(=O)(=O)C(F)(F)F)CC[C@@H]2[C@H](NC(=O)COc3ccccc3)C(=O)N12. The van der Waals surface area contributed by atoms with Crippen LogP contribution in [0.3, 0.4) is 0 Å². The highest BCUT2D eigenvalue weighted by atomic mass is 32.2. The van der Waals surface area contributed by atoms with Crippen molar-refractivity contribution in [2.24, 2.45) is 0 Å². The predicted molar refractivity (Wildman–Crippen MR) is 97.5 cm³/mol. The number of fused-ring (bicyclic) bond motifs is 1. The van der Waals surface area contributed by atoms with E-state index in [0.717, 1.165) is 11.8 Å². The molecule has 9 nitrogen and oxygen atoms in total. The Hall–Kier alpha value is -3.09. The van der Waals surface area contributed by atoms with E-state index in [2.05, 4.69) is 9.50 Å². The molecule has 0 spiro atoms. The summed E-state index contributed by atoms with van der Waals surface area (Å²) in [5.74, 6) is -2.55. The van der Waals surface area contributed by atoms with Gasteiger partial charge >= 0.3 is 15.6 Å². The Morgan fingerprint density at radius 3 is 2.45 bits per heavy atom. The zero-order valence-corrected chi connectivity index (χ0v) is 16.8. The Kier molecular flexibility index (Phi) is 5.98. The first-order valence-electron chi connectivity index (χ1n) is 8.97. The molecule has 1 saturated heterocycles. The maximum atomic E-state index is 12.6. The lowest BCUT2D eigenvalue weighted by molar-refractivity contribution is -0.153. The molecule has 2 aliphatic rings. The number of amides is 2. The topological polar surface area (TPSA) is 119 Å². The van der Waals surface area contributed by atoms with E-state index in [1.54, 1.807) is 30.3 Å². The standard InChI is InChI=1S/C18H17F3N2O7S/c1-10(24)16-13(30-31(27,28)18(19,20)21)8-7-12-15(17(26)23(12)16)22-14(25)9-29-11-5-3-2-4-6-11/h2-6,12,15H,7-9H2,1H3,(H,22,25)/t12-,15+/m1/s1. The summed E-state index contributed by atoms with van der Waals surface area (Å²) in [6.45, 7) is 0.586. The Morgan fingerprint density at radius 1 is 1.23 bits per heavy atom. The molecule has 2 atom stereocenters. The maximum Gasteiger partial charge on any atom is 0.534 e. The van der Waals surface area contributed by atoms with Crippen LogP contribution in [0.2, 0.25) is 0 Å². The average Bonchev–Trinajstić information content (AvgIpc) is 2.69. The normalized spacial score (nSPS) is 21.2. The maximum absolute atomic E-state index is 12.6. The number of para-hydroxylation sites is 1. The lowest BCUT2D eigenvalue weighted by Crippen LogP contribution is -2.71. The highest BCUT2D eigenvalue weighted by molar-refractivity contribution is 7.87. The molecular weight excluding hydrogens is 445 g/mol. The van der Waals surface area contributed by atoms with Crippen molar-refractivity contribution < 1.29 is 44.9 Å². The van der Waals surface area contributed by atoms with Crippen LogP contribution >= 0.6 is 0 Å². The van der Waals surface area contributed by atoms with Crippen LogP contribution in [-0.4, -0.2) is 55.1 Å². The number of alkyl halides is 3. The van der Waals surface area contributed by atoms with Gasteiger partial charge in [0.25, 0.3) is 11.8 Å². The van der Waals surface area contributed by atoms with Gasteiger partial charge in [-0.05, 0) is 18.6 Å². The van der Waals surface area contributed by atoms with E-state index >= 15 is 0 Å². The molecular formula is C18H17F3N2O7S. The number of carbonyl (C=O) groups is 3. The quantitative estimate of drug-likeness (QED) is 0.368. The van der Waals surface area contributed by atoms with E-state index in [1.165, 1.54) is 0 Å². The van der Waals surface area contributed by atoms with Gasteiger partial charge in [-0.1, -0.05) is 18.2 Å². The summed E-state index contributed by atoms with van der Waals surface area (Å²) in [5, 5.41) is 2.45. The molecule has 0 aliphatic carbocycles. The molecule has 0 bridgehead atoms. The summed E-state index contributed by atoms with van der Waals surface area (Å²) < 4.78 is 69.9. The van der Waals surface area contributed by atoms with Crippen LogP contribution in [0.1, 0.15) is 19.8 Å². The third-order valence-electron chi connectivity index (χ3n) is 4.65. The lowest BCUT2D eigenvalue weighted by Gasteiger charge is -2.50. The molecule has 1 aromatic rings. The van der Waals surface area contributed by atoms with E-state index in [-0.39, 0.29) is 19.4 Å². The number of nitrogens with one attached hydrogen (secondary N) is 1. The summed E-state index contributed by atoms with van der Waals surface area (Å²) in [7, 11) is -6.00. The number of hydrogen-bond donors (Lipinski definition) is 1. The van der Waals surface area contributed by atoms with Crippen LogP contribution < -0.4 is 10.1 Å². The average molecular weight is 462 g/mol. The van der Waals surface area contributed by atoms with Gasteiger partial charge in [0.15, 0.2) is 12.4 Å². The molecule has 1 fully saturated rings. The van der Waals surface area contributed by atoms with Crippen molar-refractivity contribution in [2.75, 3.05) is 6.61 Å². The van der Waals surface area contributed by atoms with E-state index < -0.39 is 56.8 Å². The fourth-order valence-electron chi connectivity index (χ4n) is 3.31. The number of β-lactam (4-membered cyclic amide) rings is 1. The first kappa shape index (κ1) is 22.6. The van der Waals surface area contributed by atoms with Crippen molar-refractivity contribution in [3.05, 3.63) is 41.8 Å². The van der Waals surface area contributed by atoms with Gasteiger partial charge < -0.3 is 14.2 Å². The minimum absolute atomic E-state index is 0.0181. The van der Waals surface area contributed by atoms with Crippen LogP contribution in [0.5, 0.6) is 5.75 Å². The van der Waals surface area contributed by atoms with Crippen molar-refractivity contribution in [3.8, 4) is 5.75 Å². The molecule has 2 heterocycles. The highest BCUT2D eigenvalue weighted by Crippen LogP contribution is 2.39. The van der Waals surface area contributed by atoms with E-state index in [9.17, 15) is 36.0 Å². The predicted octanol–water partition coefficient (Wildman–Crippen LogP) is 1.22. The van der Waals surface area contributed by atoms with E-state index in [4.69, 9.17) is 4.74 Å².